The van der Waals surface area contributed by atoms with E-state index >= 15 is 0 Å². The van der Waals surface area contributed by atoms with Gasteiger partial charge in [-0.2, -0.15) is 0 Å². The third kappa shape index (κ3) is 19.5. The number of hydrogen-bond acceptors (Lipinski definition) is 0. The molecule has 0 aromatic carbocycles. The smallest absolute Gasteiger partial charge is 0.181 e. The number of aryl methyl sites for hydroxylation is 2. The van der Waals surface area contributed by atoms with E-state index in [4.69, 9.17) is 0 Å². The molecular weight excluding hydrogens is 410 g/mol. The van der Waals surface area contributed by atoms with Crippen LogP contribution in [0.15, 0.2) is 24.4 Å². The van der Waals surface area contributed by atoms with Crippen LogP contribution in [0.25, 0.3) is 0 Å². The second-order valence-corrected chi connectivity index (χ2v) is 10.9. The zero-order valence-corrected chi connectivity index (χ0v) is 23.6. The van der Waals surface area contributed by atoms with Crippen LogP contribution in [0.3, 0.4) is 0 Å². The van der Waals surface area contributed by atoms with Gasteiger partial charge in [-0.1, -0.05) is 155 Å². The molecule has 198 valence electrons. The standard InChI is InChI=1S/C33H62N/c1-3-5-7-9-11-13-15-17-19-21-23-25-29-33-30-26-28-32-34(33)31-27-24-22-20-18-16-14-12-10-8-6-4-2/h26,28,30,32H,3-25,27,29,31H2,1-2H3/q+1. The van der Waals surface area contributed by atoms with Crippen LogP contribution in [0.2, 0.25) is 0 Å². The van der Waals surface area contributed by atoms with Gasteiger partial charge in [0.05, 0.1) is 0 Å². The summed E-state index contributed by atoms with van der Waals surface area (Å²) in [7, 11) is 0. The lowest BCUT2D eigenvalue weighted by molar-refractivity contribution is -0.704. The summed E-state index contributed by atoms with van der Waals surface area (Å²) < 4.78 is 2.54. The first-order valence-electron chi connectivity index (χ1n) is 15.9. The second kappa shape index (κ2) is 25.2. The number of rotatable bonds is 26. The zero-order valence-electron chi connectivity index (χ0n) is 23.6. The largest absolute Gasteiger partial charge is 0.202 e. The van der Waals surface area contributed by atoms with Crippen LogP contribution in [0.5, 0.6) is 0 Å². The van der Waals surface area contributed by atoms with E-state index in [1.54, 1.807) is 5.69 Å². The molecular formula is C33H62N+. The zero-order chi connectivity index (χ0) is 24.4. The van der Waals surface area contributed by atoms with E-state index in [0.717, 1.165) is 0 Å². The lowest BCUT2D eigenvalue weighted by Gasteiger charge is -2.05. The van der Waals surface area contributed by atoms with E-state index in [1.165, 1.54) is 167 Å². The van der Waals surface area contributed by atoms with Crippen molar-refractivity contribution in [1.29, 1.82) is 0 Å². The van der Waals surface area contributed by atoms with Gasteiger partial charge in [-0.05, 0) is 12.8 Å². The maximum Gasteiger partial charge on any atom is 0.181 e. The highest BCUT2D eigenvalue weighted by Crippen LogP contribution is 2.14. The van der Waals surface area contributed by atoms with Crippen LogP contribution in [0, 0.1) is 0 Å². The SMILES string of the molecule is CCCCCCCCCCCCCCc1cccc[n+]1CCCCCCCCCCCCCC. The summed E-state index contributed by atoms with van der Waals surface area (Å²) in [6.45, 7) is 5.82. The van der Waals surface area contributed by atoms with Gasteiger partial charge in [0.25, 0.3) is 0 Å². The normalized spacial score (nSPS) is 11.4. The molecule has 1 aromatic heterocycles. The fraction of sp³-hybridized carbons (Fsp3) is 0.848. The molecule has 1 nitrogen and oxygen atoms in total. The van der Waals surface area contributed by atoms with Crippen LogP contribution in [0.4, 0.5) is 0 Å². The minimum absolute atomic E-state index is 1.21. The summed E-state index contributed by atoms with van der Waals surface area (Å²) in [6.07, 6.45) is 38.0. The molecule has 0 radical (unpaired) electrons. The summed E-state index contributed by atoms with van der Waals surface area (Å²) in [5, 5.41) is 0. The van der Waals surface area contributed by atoms with E-state index in [0.29, 0.717) is 0 Å². The van der Waals surface area contributed by atoms with Gasteiger partial charge in [-0.3, -0.25) is 0 Å². The molecule has 0 spiro atoms. The third-order valence-electron chi connectivity index (χ3n) is 7.57. The monoisotopic (exact) mass is 472 g/mol. The Kier molecular flexibility index (Phi) is 23.2. The number of hydrogen-bond donors (Lipinski definition) is 0. The van der Waals surface area contributed by atoms with Gasteiger partial charge in [0, 0.05) is 25.0 Å². The number of nitrogens with zero attached hydrogens (tertiary/aromatic N) is 1. The Bertz CT molecular complexity index is 476. The lowest BCUT2D eigenvalue weighted by Crippen LogP contribution is -2.37. The van der Waals surface area contributed by atoms with Crippen molar-refractivity contribution in [2.75, 3.05) is 0 Å². The van der Waals surface area contributed by atoms with Gasteiger partial charge >= 0.3 is 0 Å². The van der Waals surface area contributed by atoms with Crippen LogP contribution in [-0.2, 0) is 13.0 Å². The Hall–Kier alpha value is -0.850. The molecule has 1 heterocycles. The molecule has 0 saturated carbocycles. The van der Waals surface area contributed by atoms with Crippen LogP contribution in [0.1, 0.15) is 174 Å². The van der Waals surface area contributed by atoms with Gasteiger partial charge in [-0.15, -0.1) is 0 Å². The first-order chi connectivity index (χ1) is 16.9. The molecule has 0 aliphatic heterocycles. The minimum Gasteiger partial charge on any atom is -0.202 e. The Morgan fingerprint density at radius 3 is 1.26 bits per heavy atom. The molecule has 0 aliphatic rings. The van der Waals surface area contributed by atoms with Gasteiger partial charge in [-0.25, -0.2) is 4.57 Å². The predicted molar refractivity (Wildman–Crippen MR) is 152 cm³/mol. The minimum atomic E-state index is 1.21. The Balaban J connectivity index is 1.96. The van der Waals surface area contributed by atoms with E-state index < -0.39 is 0 Å². The molecule has 0 unspecified atom stereocenters. The van der Waals surface area contributed by atoms with E-state index in [1.807, 2.05) is 0 Å². The van der Waals surface area contributed by atoms with Gasteiger partial charge in [0.15, 0.2) is 11.9 Å². The van der Waals surface area contributed by atoms with Crippen LogP contribution < -0.4 is 4.57 Å². The van der Waals surface area contributed by atoms with E-state index in [9.17, 15) is 0 Å². The van der Waals surface area contributed by atoms with Crippen molar-refractivity contribution < 1.29 is 4.57 Å². The van der Waals surface area contributed by atoms with E-state index in [2.05, 4.69) is 42.8 Å². The van der Waals surface area contributed by atoms with Crippen LogP contribution in [-0.4, -0.2) is 0 Å². The fourth-order valence-electron chi connectivity index (χ4n) is 5.23. The topological polar surface area (TPSA) is 3.88 Å². The molecule has 34 heavy (non-hydrogen) atoms. The molecule has 0 bridgehead atoms. The molecule has 0 saturated heterocycles. The highest BCUT2D eigenvalue weighted by atomic mass is 14.9. The summed E-state index contributed by atoms with van der Waals surface area (Å²) in [4.78, 5) is 0. The Morgan fingerprint density at radius 2 is 0.824 bits per heavy atom. The Labute approximate surface area is 215 Å². The van der Waals surface area contributed by atoms with Crippen molar-refractivity contribution in [3.8, 4) is 0 Å². The average Bonchev–Trinajstić information content (AvgIpc) is 2.86. The molecule has 0 fully saturated rings. The highest BCUT2D eigenvalue weighted by Gasteiger charge is 2.08. The quantitative estimate of drug-likeness (QED) is 0.0932. The number of aromatic nitrogens is 1. The van der Waals surface area contributed by atoms with Crippen molar-refractivity contribution in [2.45, 2.75) is 181 Å². The molecule has 1 rings (SSSR count). The fourth-order valence-corrected chi connectivity index (χ4v) is 5.23. The molecule has 0 amide bonds. The molecule has 1 aromatic rings. The highest BCUT2D eigenvalue weighted by molar-refractivity contribution is 4.97. The third-order valence-corrected chi connectivity index (χ3v) is 7.57. The van der Waals surface area contributed by atoms with Gasteiger partial charge < -0.3 is 0 Å². The maximum absolute atomic E-state index is 2.54. The Morgan fingerprint density at radius 1 is 0.441 bits per heavy atom. The maximum atomic E-state index is 2.54. The molecule has 0 atom stereocenters. The van der Waals surface area contributed by atoms with Crippen molar-refractivity contribution in [3.63, 3.8) is 0 Å². The molecule has 0 aliphatic carbocycles. The summed E-state index contributed by atoms with van der Waals surface area (Å²) in [5.41, 5.74) is 1.55. The van der Waals surface area contributed by atoms with E-state index in [-0.39, 0.29) is 0 Å². The average molecular weight is 473 g/mol. The van der Waals surface area contributed by atoms with Crippen molar-refractivity contribution in [1.82, 2.24) is 0 Å². The van der Waals surface area contributed by atoms with Crippen molar-refractivity contribution in [3.05, 3.63) is 30.1 Å². The number of pyridine rings is 1. The van der Waals surface area contributed by atoms with Gasteiger partial charge in [0.2, 0.25) is 0 Å². The summed E-state index contributed by atoms with van der Waals surface area (Å²) in [5.74, 6) is 0. The predicted octanol–water partition coefficient (Wildman–Crippen LogP) is 10.9. The second-order valence-electron chi connectivity index (χ2n) is 10.9. The van der Waals surface area contributed by atoms with Gasteiger partial charge in [0.1, 0.15) is 6.54 Å². The lowest BCUT2D eigenvalue weighted by atomic mass is 10.0. The van der Waals surface area contributed by atoms with Crippen molar-refractivity contribution >= 4 is 0 Å². The summed E-state index contributed by atoms with van der Waals surface area (Å²) >= 11 is 0. The summed E-state index contributed by atoms with van der Waals surface area (Å²) in [6, 6.07) is 6.81. The number of unbranched alkanes of at least 4 members (excludes halogenated alkanes) is 22. The molecule has 0 N–H and O–H groups in total. The molecule has 1 heteroatoms. The van der Waals surface area contributed by atoms with Crippen molar-refractivity contribution in [2.24, 2.45) is 0 Å². The van der Waals surface area contributed by atoms with Crippen LogP contribution >= 0.6 is 0 Å². The first kappa shape index (κ1) is 31.2. The first-order valence-corrected chi connectivity index (χ1v) is 15.9.